The highest BCUT2D eigenvalue weighted by Gasteiger charge is 2.18. The fraction of sp³-hybridized carbons (Fsp3) is 0.125. The molecular formula is C16H14O6. The van der Waals surface area contributed by atoms with Gasteiger partial charge in [-0.1, -0.05) is 18.2 Å². The van der Waals surface area contributed by atoms with Gasteiger partial charge in [0.1, 0.15) is 0 Å². The second kappa shape index (κ2) is 7.80. The molecule has 0 spiro atoms. The van der Waals surface area contributed by atoms with Crippen molar-refractivity contribution in [2.75, 3.05) is 14.2 Å². The Morgan fingerprint density at radius 1 is 0.864 bits per heavy atom. The van der Waals surface area contributed by atoms with E-state index < -0.39 is 5.97 Å². The van der Waals surface area contributed by atoms with Gasteiger partial charge in [0.05, 0.1) is 12.7 Å². The number of aldehydes is 3. The number of ether oxygens (including phenoxy) is 1. The van der Waals surface area contributed by atoms with Gasteiger partial charge in [0.25, 0.3) is 0 Å². The normalized spacial score (nSPS) is 9.41. The van der Waals surface area contributed by atoms with Gasteiger partial charge >= 0.3 is 5.97 Å². The second-order valence-corrected chi connectivity index (χ2v) is 4.04. The number of hydrogen-bond donors (Lipinski definition) is 1. The second-order valence-electron chi connectivity index (χ2n) is 4.04. The number of carbonyl (C=O) groups is 4. The highest BCUT2D eigenvalue weighted by molar-refractivity contribution is 6.18. The maximum absolute atomic E-state index is 11.8. The number of aliphatic hydroxyl groups is 1. The van der Waals surface area contributed by atoms with Crippen LogP contribution in [-0.4, -0.2) is 44.2 Å². The van der Waals surface area contributed by atoms with Crippen molar-refractivity contribution in [1.29, 1.82) is 0 Å². The Morgan fingerprint density at radius 3 is 1.68 bits per heavy atom. The molecule has 0 heterocycles. The Labute approximate surface area is 126 Å². The summed E-state index contributed by atoms with van der Waals surface area (Å²) in [6.07, 6.45) is 1.72. The van der Waals surface area contributed by atoms with Crippen molar-refractivity contribution in [1.82, 2.24) is 0 Å². The van der Waals surface area contributed by atoms with Crippen molar-refractivity contribution in [3.63, 3.8) is 0 Å². The monoisotopic (exact) mass is 302 g/mol. The molecule has 0 aliphatic carbocycles. The molecule has 6 heteroatoms. The van der Waals surface area contributed by atoms with Crippen molar-refractivity contribution >= 4 is 35.6 Å². The van der Waals surface area contributed by atoms with Gasteiger partial charge in [0.15, 0.2) is 18.9 Å². The van der Waals surface area contributed by atoms with Crippen LogP contribution in [0.25, 0.3) is 10.8 Å². The number of carbonyl (C=O) groups excluding carboxylic acids is 4. The average molecular weight is 302 g/mol. The Bertz CT molecular complexity index is 719. The van der Waals surface area contributed by atoms with Crippen LogP contribution in [0.4, 0.5) is 0 Å². The molecule has 114 valence electrons. The van der Waals surface area contributed by atoms with Gasteiger partial charge in [-0.25, -0.2) is 4.79 Å². The van der Waals surface area contributed by atoms with Crippen LogP contribution in [-0.2, 0) is 4.74 Å². The Morgan fingerprint density at radius 2 is 1.27 bits per heavy atom. The predicted molar refractivity (Wildman–Crippen MR) is 79.6 cm³/mol. The van der Waals surface area contributed by atoms with Crippen LogP contribution >= 0.6 is 0 Å². The predicted octanol–water partition coefficient (Wildman–Crippen LogP) is 1.67. The molecule has 0 aliphatic heterocycles. The standard InChI is InChI=1S/C15H10O5.CH4O/c1-20-15(19)12-5-4-10(7-17)13-9(6-16)2-3-11(8-18)14(12)13;1-2/h2-8H,1H3;2H,1H3. The summed E-state index contributed by atoms with van der Waals surface area (Å²) in [7, 11) is 2.21. The molecule has 0 radical (unpaired) electrons. The average Bonchev–Trinajstić information content (AvgIpc) is 2.60. The first kappa shape index (κ1) is 17.2. The summed E-state index contributed by atoms with van der Waals surface area (Å²) < 4.78 is 4.66. The Hall–Kier alpha value is -2.86. The molecule has 0 fully saturated rings. The Kier molecular flexibility index (Phi) is 6.09. The van der Waals surface area contributed by atoms with E-state index in [4.69, 9.17) is 5.11 Å². The molecule has 6 nitrogen and oxygen atoms in total. The highest BCUT2D eigenvalue weighted by atomic mass is 16.5. The highest BCUT2D eigenvalue weighted by Crippen LogP contribution is 2.28. The molecule has 1 N–H and O–H groups in total. The summed E-state index contributed by atoms with van der Waals surface area (Å²) in [5.74, 6) is -0.640. The fourth-order valence-corrected chi connectivity index (χ4v) is 2.15. The van der Waals surface area contributed by atoms with Gasteiger partial charge in [-0.15, -0.1) is 0 Å². The first-order chi connectivity index (χ1) is 10.7. The van der Waals surface area contributed by atoms with Gasteiger partial charge in [-0.05, 0) is 6.07 Å². The molecule has 2 aromatic rings. The van der Waals surface area contributed by atoms with Crippen LogP contribution in [0.3, 0.4) is 0 Å². The van der Waals surface area contributed by atoms with Crippen molar-refractivity contribution in [2.45, 2.75) is 0 Å². The van der Waals surface area contributed by atoms with E-state index in [0.29, 0.717) is 18.9 Å². The van der Waals surface area contributed by atoms with Crippen molar-refractivity contribution < 1.29 is 29.0 Å². The largest absolute Gasteiger partial charge is 0.465 e. The lowest BCUT2D eigenvalue weighted by Gasteiger charge is -2.10. The molecule has 22 heavy (non-hydrogen) atoms. The lowest BCUT2D eigenvalue weighted by molar-refractivity contribution is 0.0602. The first-order valence-corrected chi connectivity index (χ1v) is 6.16. The topological polar surface area (TPSA) is 97.7 Å². The van der Waals surface area contributed by atoms with Crippen molar-refractivity contribution in [3.05, 3.63) is 46.5 Å². The van der Waals surface area contributed by atoms with Gasteiger partial charge in [0, 0.05) is 34.6 Å². The van der Waals surface area contributed by atoms with E-state index in [-0.39, 0.29) is 33.0 Å². The van der Waals surface area contributed by atoms with Crippen LogP contribution in [0, 0.1) is 0 Å². The third-order valence-corrected chi connectivity index (χ3v) is 3.04. The van der Waals surface area contributed by atoms with E-state index >= 15 is 0 Å². The third-order valence-electron chi connectivity index (χ3n) is 3.04. The molecule has 0 aliphatic rings. The fourth-order valence-electron chi connectivity index (χ4n) is 2.15. The van der Waals surface area contributed by atoms with E-state index in [0.717, 1.165) is 7.11 Å². The quantitative estimate of drug-likeness (QED) is 0.681. The van der Waals surface area contributed by atoms with E-state index in [9.17, 15) is 19.2 Å². The Balaban J connectivity index is 0.00000116. The third kappa shape index (κ3) is 2.91. The molecule has 0 saturated heterocycles. The number of hydrogen-bond acceptors (Lipinski definition) is 6. The smallest absolute Gasteiger partial charge is 0.338 e. The maximum atomic E-state index is 11.8. The minimum absolute atomic E-state index is 0.138. The van der Waals surface area contributed by atoms with E-state index in [2.05, 4.69) is 4.74 Å². The summed E-state index contributed by atoms with van der Waals surface area (Å²) in [4.78, 5) is 45.2. The van der Waals surface area contributed by atoms with Crippen LogP contribution in [0.1, 0.15) is 41.4 Å². The number of esters is 1. The lowest BCUT2D eigenvalue weighted by atomic mass is 9.93. The van der Waals surface area contributed by atoms with E-state index in [1.165, 1.54) is 31.4 Å². The zero-order valence-electron chi connectivity index (χ0n) is 12.0. The molecule has 0 bridgehead atoms. The summed E-state index contributed by atoms with van der Waals surface area (Å²) in [5, 5.41) is 7.53. The van der Waals surface area contributed by atoms with E-state index in [1.807, 2.05) is 0 Å². The minimum Gasteiger partial charge on any atom is -0.465 e. The van der Waals surface area contributed by atoms with Crippen LogP contribution in [0.15, 0.2) is 24.3 Å². The molecule has 0 atom stereocenters. The summed E-state index contributed by atoms with van der Waals surface area (Å²) in [5.41, 5.74) is 0.825. The van der Waals surface area contributed by atoms with Crippen LogP contribution in [0.5, 0.6) is 0 Å². The van der Waals surface area contributed by atoms with E-state index in [1.54, 1.807) is 0 Å². The van der Waals surface area contributed by atoms with Gasteiger partial charge in [0.2, 0.25) is 0 Å². The molecule has 0 unspecified atom stereocenters. The SMILES string of the molecule is CO.COC(=O)c1ccc(C=O)c2c(C=O)ccc(C=O)c12. The minimum atomic E-state index is -0.640. The number of fused-ring (bicyclic) bond motifs is 1. The summed E-state index contributed by atoms with van der Waals surface area (Å²) in [6, 6.07) is 5.69. The molecular weight excluding hydrogens is 288 g/mol. The molecule has 2 aromatic carbocycles. The maximum Gasteiger partial charge on any atom is 0.338 e. The summed E-state index contributed by atoms with van der Waals surface area (Å²) in [6.45, 7) is 0. The van der Waals surface area contributed by atoms with Gasteiger partial charge < -0.3 is 9.84 Å². The number of benzene rings is 2. The number of aliphatic hydroxyl groups excluding tert-OH is 1. The van der Waals surface area contributed by atoms with Crippen LogP contribution < -0.4 is 0 Å². The molecule has 0 aromatic heterocycles. The first-order valence-electron chi connectivity index (χ1n) is 6.16. The van der Waals surface area contributed by atoms with Crippen molar-refractivity contribution in [3.8, 4) is 0 Å². The number of methoxy groups -OCH3 is 1. The molecule has 0 saturated carbocycles. The zero-order valence-corrected chi connectivity index (χ0v) is 12.0. The van der Waals surface area contributed by atoms with Gasteiger partial charge in [-0.2, -0.15) is 0 Å². The molecule has 2 rings (SSSR count). The van der Waals surface area contributed by atoms with Crippen molar-refractivity contribution in [2.24, 2.45) is 0 Å². The van der Waals surface area contributed by atoms with Gasteiger partial charge in [-0.3, -0.25) is 14.4 Å². The lowest BCUT2D eigenvalue weighted by Crippen LogP contribution is -2.06. The zero-order chi connectivity index (χ0) is 16.7. The van der Waals surface area contributed by atoms with Crippen LogP contribution in [0.2, 0.25) is 0 Å². The summed E-state index contributed by atoms with van der Waals surface area (Å²) >= 11 is 0. The molecule has 0 amide bonds. The number of rotatable bonds is 4.